The fourth-order valence-electron chi connectivity index (χ4n) is 3.87. The van der Waals surface area contributed by atoms with Gasteiger partial charge in [0.15, 0.2) is 0 Å². The van der Waals surface area contributed by atoms with Crippen LogP contribution >= 0.6 is 0 Å². The summed E-state index contributed by atoms with van der Waals surface area (Å²) in [6.45, 7) is 1.53. The molecule has 7 nitrogen and oxygen atoms in total. The quantitative estimate of drug-likeness (QED) is 0.487. The lowest BCUT2D eigenvalue weighted by Crippen LogP contribution is -2.51. The minimum atomic E-state index is -3.09. The number of hydrogen-bond donors (Lipinski definition) is 3. The Labute approximate surface area is 195 Å². The highest BCUT2D eigenvalue weighted by molar-refractivity contribution is 5.86. The van der Waals surface area contributed by atoms with Crippen molar-refractivity contribution in [1.82, 2.24) is 10.6 Å². The summed E-state index contributed by atoms with van der Waals surface area (Å²) in [4.78, 5) is 35.8. The van der Waals surface area contributed by atoms with Gasteiger partial charge in [0.2, 0.25) is 5.91 Å². The first kappa shape index (κ1) is 24.7. The van der Waals surface area contributed by atoms with Gasteiger partial charge in [-0.1, -0.05) is 48.5 Å². The number of benzene rings is 2. The Morgan fingerprint density at radius 2 is 1.62 bits per heavy atom. The molecule has 1 aliphatic carbocycles. The fraction of sp³-hybridized carbons (Fsp3) is 0.320. The van der Waals surface area contributed by atoms with Gasteiger partial charge in [0, 0.05) is 12.3 Å². The zero-order valence-electron chi connectivity index (χ0n) is 18.4. The van der Waals surface area contributed by atoms with Crippen molar-refractivity contribution in [2.24, 2.45) is 0 Å². The van der Waals surface area contributed by atoms with Crippen LogP contribution in [0.4, 0.5) is 13.6 Å². The first-order valence-corrected chi connectivity index (χ1v) is 10.6. The Morgan fingerprint density at radius 3 is 2.15 bits per heavy atom. The van der Waals surface area contributed by atoms with Gasteiger partial charge in [-0.2, -0.15) is 0 Å². The summed E-state index contributed by atoms with van der Waals surface area (Å²) in [6, 6.07) is 12.4. The lowest BCUT2D eigenvalue weighted by Gasteiger charge is -2.21. The topological polar surface area (TPSA) is 105 Å². The van der Waals surface area contributed by atoms with Crippen LogP contribution in [0.15, 0.2) is 48.5 Å². The number of carbonyl (C=O) groups excluding carboxylic acids is 2. The maximum Gasteiger partial charge on any atom is 0.407 e. The van der Waals surface area contributed by atoms with Crippen molar-refractivity contribution in [2.45, 2.75) is 44.2 Å². The van der Waals surface area contributed by atoms with Gasteiger partial charge in [0.25, 0.3) is 6.43 Å². The number of fused-ring (bicyclic) bond motifs is 3. The number of halogens is 2. The summed E-state index contributed by atoms with van der Waals surface area (Å²) < 4.78 is 31.6. The first-order chi connectivity index (χ1) is 16.3. The maximum atomic E-state index is 13.1. The minimum Gasteiger partial charge on any atom is -0.481 e. The van der Waals surface area contributed by atoms with E-state index in [0.29, 0.717) is 0 Å². The van der Waals surface area contributed by atoms with E-state index in [1.807, 2.05) is 53.8 Å². The van der Waals surface area contributed by atoms with Crippen molar-refractivity contribution in [3.05, 3.63) is 59.7 Å². The SMILES string of the molecule is CC#CCC(NC(=O)OCC1c2ccccc2-c2ccccc21)C(=O)NC(CC(=O)O)C(F)F. The van der Waals surface area contributed by atoms with Gasteiger partial charge >= 0.3 is 12.1 Å². The molecule has 1 aliphatic rings. The summed E-state index contributed by atoms with van der Waals surface area (Å²) in [6.07, 6.45) is -5.12. The highest BCUT2D eigenvalue weighted by Gasteiger charge is 2.31. The van der Waals surface area contributed by atoms with Crippen LogP contribution < -0.4 is 10.6 Å². The van der Waals surface area contributed by atoms with Crippen molar-refractivity contribution in [1.29, 1.82) is 0 Å². The van der Waals surface area contributed by atoms with E-state index in [-0.39, 0.29) is 18.9 Å². The van der Waals surface area contributed by atoms with E-state index in [1.54, 1.807) is 0 Å². The molecule has 2 amide bonds. The molecule has 0 spiro atoms. The summed E-state index contributed by atoms with van der Waals surface area (Å²) in [5, 5.41) is 13.1. The Balaban J connectivity index is 1.67. The number of hydrogen-bond acceptors (Lipinski definition) is 4. The van der Waals surface area contributed by atoms with Crippen LogP contribution in [-0.2, 0) is 14.3 Å². The second-order valence-electron chi connectivity index (χ2n) is 7.70. The molecule has 3 rings (SSSR count). The van der Waals surface area contributed by atoms with Crippen LogP contribution in [0.5, 0.6) is 0 Å². The van der Waals surface area contributed by atoms with E-state index in [4.69, 9.17) is 9.84 Å². The first-order valence-electron chi connectivity index (χ1n) is 10.6. The molecule has 0 fully saturated rings. The molecular formula is C25H24F2N2O5. The minimum absolute atomic E-state index is 0.00628. The molecule has 9 heteroatoms. The molecule has 34 heavy (non-hydrogen) atoms. The molecule has 2 atom stereocenters. The zero-order chi connectivity index (χ0) is 24.7. The highest BCUT2D eigenvalue weighted by atomic mass is 19.3. The normalized spacial score (nSPS) is 13.6. The predicted octanol–water partition coefficient (Wildman–Crippen LogP) is 3.53. The van der Waals surface area contributed by atoms with Crippen LogP contribution in [-0.4, -0.2) is 48.2 Å². The van der Waals surface area contributed by atoms with Crippen molar-refractivity contribution in [2.75, 3.05) is 6.61 Å². The van der Waals surface area contributed by atoms with Gasteiger partial charge in [-0.25, -0.2) is 13.6 Å². The van der Waals surface area contributed by atoms with Gasteiger partial charge in [-0.15, -0.1) is 11.8 Å². The number of nitrogens with one attached hydrogen (secondary N) is 2. The zero-order valence-corrected chi connectivity index (χ0v) is 18.4. The number of carboxylic acids is 1. The number of carboxylic acid groups (broad SMARTS) is 1. The second-order valence-corrected chi connectivity index (χ2v) is 7.70. The van der Waals surface area contributed by atoms with Crippen LogP contribution in [0, 0.1) is 11.8 Å². The van der Waals surface area contributed by atoms with E-state index in [9.17, 15) is 23.2 Å². The Bertz CT molecular complexity index is 1080. The fourth-order valence-corrected chi connectivity index (χ4v) is 3.87. The Hall–Kier alpha value is -3.93. The molecule has 3 N–H and O–H groups in total. The van der Waals surface area contributed by atoms with Crippen molar-refractivity contribution < 1.29 is 33.0 Å². The van der Waals surface area contributed by atoms with Crippen LogP contribution in [0.25, 0.3) is 11.1 Å². The van der Waals surface area contributed by atoms with Crippen LogP contribution in [0.1, 0.15) is 36.8 Å². The van der Waals surface area contributed by atoms with Gasteiger partial charge < -0.3 is 20.5 Å². The molecule has 0 saturated heterocycles. The predicted molar refractivity (Wildman–Crippen MR) is 120 cm³/mol. The van der Waals surface area contributed by atoms with Gasteiger partial charge in [-0.3, -0.25) is 9.59 Å². The Kier molecular flexibility index (Phi) is 8.19. The van der Waals surface area contributed by atoms with Crippen LogP contribution in [0.3, 0.4) is 0 Å². The van der Waals surface area contributed by atoms with E-state index in [0.717, 1.165) is 22.3 Å². The smallest absolute Gasteiger partial charge is 0.407 e. The lowest BCUT2D eigenvalue weighted by atomic mass is 9.98. The third kappa shape index (κ3) is 5.90. The Morgan fingerprint density at radius 1 is 1.03 bits per heavy atom. The molecule has 2 aromatic carbocycles. The van der Waals surface area contributed by atoms with E-state index in [1.165, 1.54) is 6.92 Å². The second kappa shape index (κ2) is 11.3. The highest BCUT2D eigenvalue weighted by Crippen LogP contribution is 2.44. The van der Waals surface area contributed by atoms with Gasteiger partial charge in [0.1, 0.15) is 18.7 Å². The molecular weight excluding hydrogens is 446 g/mol. The third-order valence-electron chi connectivity index (χ3n) is 5.46. The summed E-state index contributed by atoms with van der Waals surface area (Å²) >= 11 is 0. The monoisotopic (exact) mass is 470 g/mol. The third-order valence-corrected chi connectivity index (χ3v) is 5.46. The number of aliphatic carboxylic acids is 1. The average molecular weight is 470 g/mol. The van der Waals surface area contributed by atoms with Crippen molar-refractivity contribution >= 4 is 18.0 Å². The standard InChI is InChI=1S/C25H24F2N2O5/c1-2-3-12-20(24(32)28-21(23(26)27)13-22(30)31)29-25(33)34-14-19-17-10-6-4-8-15(17)16-9-5-7-11-18(16)19/h4-11,19-21,23H,12-14H2,1H3,(H,28,32)(H,29,33)(H,30,31). The number of ether oxygens (including phenoxy) is 1. The number of alkyl halides is 2. The van der Waals surface area contributed by atoms with E-state index < -0.39 is 42.9 Å². The maximum absolute atomic E-state index is 13.1. The molecule has 0 heterocycles. The molecule has 0 bridgehead atoms. The molecule has 0 aliphatic heterocycles. The number of amides is 2. The van der Waals surface area contributed by atoms with Crippen molar-refractivity contribution in [3.8, 4) is 23.0 Å². The van der Waals surface area contributed by atoms with Gasteiger partial charge in [0.05, 0.1) is 6.42 Å². The average Bonchev–Trinajstić information content (AvgIpc) is 3.13. The molecule has 178 valence electrons. The molecule has 2 aromatic rings. The molecule has 0 aromatic heterocycles. The molecule has 0 radical (unpaired) electrons. The van der Waals surface area contributed by atoms with E-state index >= 15 is 0 Å². The number of carbonyl (C=O) groups is 3. The van der Waals surface area contributed by atoms with Crippen LogP contribution in [0.2, 0.25) is 0 Å². The summed E-state index contributed by atoms with van der Waals surface area (Å²) in [5.41, 5.74) is 4.13. The molecule has 2 unspecified atom stereocenters. The summed E-state index contributed by atoms with van der Waals surface area (Å²) in [5.74, 6) is 2.53. The largest absolute Gasteiger partial charge is 0.481 e. The number of alkyl carbamates (subject to hydrolysis) is 1. The lowest BCUT2D eigenvalue weighted by molar-refractivity contribution is -0.139. The van der Waals surface area contributed by atoms with Gasteiger partial charge in [-0.05, 0) is 29.2 Å². The van der Waals surface area contributed by atoms with Crippen molar-refractivity contribution in [3.63, 3.8) is 0 Å². The van der Waals surface area contributed by atoms with E-state index in [2.05, 4.69) is 17.2 Å². The number of rotatable bonds is 9. The summed E-state index contributed by atoms with van der Waals surface area (Å²) in [7, 11) is 0. The molecule has 0 saturated carbocycles.